The number of nitrogens with zero attached hydrogens (tertiary/aromatic N) is 1. The minimum absolute atomic E-state index is 0.424. The van der Waals surface area contributed by atoms with Crippen LogP contribution < -0.4 is 5.43 Å². The first-order valence-corrected chi connectivity index (χ1v) is 3.43. The van der Waals surface area contributed by atoms with E-state index in [1.807, 2.05) is 0 Å². The Morgan fingerprint density at radius 1 is 1.64 bits per heavy atom. The van der Waals surface area contributed by atoms with Crippen molar-refractivity contribution in [1.82, 2.24) is 4.98 Å². The average Bonchev–Trinajstić information content (AvgIpc) is 1.85. The second-order valence-electron chi connectivity index (χ2n) is 1.79. The normalized spacial score (nSPS) is 9.55. The number of aromatic amines is 1. The lowest BCUT2D eigenvalue weighted by Gasteiger charge is -1.89. The van der Waals surface area contributed by atoms with Crippen LogP contribution in [0.4, 0.5) is 5.69 Å². The van der Waals surface area contributed by atoms with Gasteiger partial charge < -0.3 is 4.98 Å². The predicted octanol–water partition coefficient (Wildman–Crippen LogP) is 1.05. The van der Waals surface area contributed by atoms with E-state index in [0.717, 1.165) is 12.3 Å². The second kappa shape index (κ2) is 2.83. The van der Waals surface area contributed by atoms with Crippen molar-refractivity contribution < 1.29 is 4.92 Å². The minimum Gasteiger partial charge on any atom is -0.350 e. The molecule has 1 aromatic rings. The molecule has 0 saturated heterocycles. The summed E-state index contributed by atoms with van der Waals surface area (Å²) >= 11 is 2.97. The van der Waals surface area contributed by atoms with Gasteiger partial charge in [-0.05, 0) is 15.9 Å². The number of nitro groups is 1. The van der Waals surface area contributed by atoms with Gasteiger partial charge >= 0.3 is 5.69 Å². The fourth-order valence-electron chi connectivity index (χ4n) is 0.582. The maximum atomic E-state index is 10.8. The second-order valence-corrected chi connectivity index (χ2v) is 2.64. The molecule has 1 N–H and O–H groups in total. The zero-order valence-corrected chi connectivity index (χ0v) is 6.79. The van der Waals surface area contributed by atoms with Gasteiger partial charge in [0.05, 0.1) is 15.7 Å². The highest BCUT2D eigenvalue weighted by atomic mass is 79.9. The number of hydrogen-bond donors (Lipinski definition) is 1. The molecule has 0 aromatic carbocycles. The first kappa shape index (κ1) is 7.93. The number of aromatic nitrogens is 1. The minimum atomic E-state index is -0.731. The van der Waals surface area contributed by atoms with Gasteiger partial charge in [-0.15, -0.1) is 0 Å². The Morgan fingerprint density at radius 2 is 2.27 bits per heavy atom. The van der Waals surface area contributed by atoms with Crippen LogP contribution in [0.5, 0.6) is 0 Å². The van der Waals surface area contributed by atoms with Crippen molar-refractivity contribution in [2.45, 2.75) is 0 Å². The summed E-state index contributed by atoms with van der Waals surface area (Å²) in [5.74, 6) is 0. The Labute approximate surface area is 69.3 Å². The van der Waals surface area contributed by atoms with Crippen LogP contribution in [0, 0.1) is 10.1 Å². The van der Waals surface area contributed by atoms with E-state index in [-0.39, 0.29) is 0 Å². The summed E-state index contributed by atoms with van der Waals surface area (Å²) in [6, 6.07) is 1.11. The van der Waals surface area contributed by atoms with Crippen molar-refractivity contribution in [3.63, 3.8) is 0 Å². The smallest absolute Gasteiger partial charge is 0.332 e. The zero-order valence-electron chi connectivity index (χ0n) is 5.20. The van der Waals surface area contributed by atoms with Crippen LogP contribution in [0.1, 0.15) is 0 Å². The molecule has 5 nitrogen and oxygen atoms in total. The number of pyridine rings is 1. The molecule has 11 heavy (non-hydrogen) atoms. The summed E-state index contributed by atoms with van der Waals surface area (Å²) in [7, 11) is 0. The molecule has 0 bridgehead atoms. The summed E-state index contributed by atoms with van der Waals surface area (Å²) in [6.45, 7) is 0. The lowest BCUT2D eigenvalue weighted by atomic mass is 10.4. The summed E-state index contributed by atoms with van der Waals surface area (Å²) in [5.41, 5.74) is -1.06. The molecular weight excluding hydrogens is 216 g/mol. The SMILES string of the molecule is O=c1cc(Br)[nH]cc1[N+](=O)[O-]. The van der Waals surface area contributed by atoms with Gasteiger partial charge in [-0.2, -0.15) is 0 Å². The Bertz CT molecular complexity index is 346. The van der Waals surface area contributed by atoms with Gasteiger partial charge in [-0.3, -0.25) is 14.9 Å². The Balaban J connectivity index is 3.32. The van der Waals surface area contributed by atoms with Crippen molar-refractivity contribution in [2.24, 2.45) is 0 Å². The number of hydrogen-bond acceptors (Lipinski definition) is 3. The Morgan fingerprint density at radius 3 is 2.73 bits per heavy atom. The molecule has 0 spiro atoms. The molecule has 58 valence electrons. The van der Waals surface area contributed by atoms with Gasteiger partial charge in [0.2, 0.25) is 0 Å². The summed E-state index contributed by atoms with van der Waals surface area (Å²) in [6.07, 6.45) is 1.05. The molecule has 1 aromatic heterocycles. The van der Waals surface area contributed by atoms with Gasteiger partial charge in [0, 0.05) is 6.07 Å². The highest BCUT2D eigenvalue weighted by molar-refractivity contribution is 9.10. The summed E-state index contributed by atoms with van der Waals surface area (Å²) in [5, 5.41) is 10.1. The quantitative estimate of drug-likeness (QED) is 0.435. The van der Waals surface area contributed by atoms with E-state index in [2.05, 4.69) is 20.9 Å². The first-order chi connectivity index (χ1) is 5.11. The molecule has 0 saturated carbocycles. The van der Waals surface area contributed by atoms with Crippen LogP contribution in [-0.4, -0.2) is 9.91 Å². The molecule has 0 aliphatic rings. The van der Waals surface area contributed by atoms with Gasteiger partial charge in [-0.1, -0.05) is 0 Å². The maximum Gasteiger partial charge on any atom is 0.332 e. The van der Waals surface area contributed by atoms with Gasteiger partial charge in [0.25, 0.3) is 5.43 Å². The van der Waals surface area contributed by atoms with Crippen molar-refractivity contribution in [3.8, 4) is 0 Å². The van der Waals surface area contributed by atoms with E-state index >= 15 is 0 Å². The van der Waals surface area contributed by atoms with Gasteiger partial charge in [0.15, 0.2) is 0 Å². The van der Waals surface area contributed by atoms with Gasteiger partial charge in [0.1, 0.15) is 0 Å². The van der Waals surface area contributed by atoms with Crippen LogP contribution in [0.2, 0.25) is 0 Å². The number of nitrogens with one attached hydrogen (secondary N) is 1. The van der Waals surface area contributed by atoms with Crippen molar-refractivity contribution in [1.29, 1.82) is 0 Å². The third-order valence-corrected chi connectivity index (χ3v) is 1.51. The van der Waals surface area contributed by atoms with E-state index in [0.29, 0.717) is 4.60 Å². The van der Waals surface area contributed by atoms with Crippen LogP contribution in [-0.2, 0) is 0 Å². The molecule has 1 heterocycles. The third-order valence-electron chi connectivity index (χ3n) is 1.05. The van der Waals surface area contributed by atoms with E-state index < -0.39 is 16.0 Å². The maximum absolute atomic E-state index is 10.8. The van der Waals surface area contributed by atoms with Gasteiger partial charge in [-0.25, -0.2) is 0 Å². The van der Waals surface area contributed by atoms with Crippen molar-refractivity contribution >= 4 is 21.6 Å². The zero-order chi connectivity index (χ0) is 8.43. The van der Waals surface area contributed by atoms with Crippen molar-refractivity contribution in [2.75, 3.05) is 0 Å². The van der Waals surface area contributed by atoms with Crippen LogP contribution in [0.3, 0.4) is 0 Å². The molecule has 0 aliphatic heterocycles. The molecule has 1 rings (SSSR count). The Kier molecular flexibility index (Phi) is 2.04. The standard InChI is InChI=1S/C5H3BrN2O3/c6-5-1-4(9)3(2-7-5)8(10)11/h1-2H,(H,7,9). The molecule has 0 amide bonds. The van der Waals surface area contributed by atoms with Crippen LogP contribution in [0.25, 0.3) is 0 Å². The predicted molar refractivity (Wildman–Crippen MR) is 41.4 cm³/mol. The molecule has 0 fully saturated rings. The lowest BCUT2D eigenvalue weighted by molar-refractivity contribution is -0.386. The monoisotopic (exact) mass is 218 g/mol. The molecule has 0 atom stereocenters. The van der Waals surface area contributed by atoms with Crippen LogP contribution >= 0.6 is 15.9 Å². The lowest BCUT2D eigenvalue weighted by Crippen LogP contribution is -2.06. The molecule has 0 unspecified atom stereocenters. The van der Waals surface area contributed by atoms with Crippen LogP contribution in [0.15, 0.2) is 21.7 Å². The molecule has 0 radical (unpaired) electrons. The highest BCUT2D eigenvalue weighted by Crippen LogP contribution is 2.05. The van der Waals surface area contributed by atoms with E-state index in [1.54, 1.807) is 0 Å². The molecule has 0 aliphatic carbocycles. The topological polar surface area (TPSA) is 76.0 Å². The molecular formula is C5H3BrN2O3. The van der Waals surface area contributed by atoms with E-state index in [1.165, 1.54) is 0 Å². The highest BCUT2D eigenvalue weighted by Gasteiger charge is 2.09. The van der Waals surface area contributed by atoms with Crippen molar-refractivity contribution in [3.05, 3.63) is 37.2 Å². The number of H-pyrrole nitrogens is 1. The van der Waals surface area contributed by atoms with E-state index in [4.69, 9.17) is 0 Å². The number of halogens is 1. The first-order valence-electron chi connectivity index (χ1n) is 2.64. The summed E-state index contributed by atoms with van der Waals surface area (Å²) in [4.78, 5) is 22.7. The molecule has 6 heteroatoms. The summed E-state index contributed by atoms with van der Waals surface area (Å²) < 4.78 is 0.424. The Hall–Kier alpha value is -1.17. The van der Waals surface area contributed by atoms with E-state index in [9.17, 15) is 14.9 Å². The largest absolute Gasteiger partial charge is 0.350 e. The fourth-order valence-corrected chi connectivity index (χ4v) is 0.904. The third kappa shape index (κ3) is 1.64. The average molecular weight is 219 g/mol. The number of rotatable bonds is 1. The fraction of sp³-hybridized carbons (Fsp3) is 0.